The van der Waals surface area contributed by atoms with E-state index in [0.717, 1.165) is 6.54 Å². The SMILES string of the molecule is CCS(=O)(=O)N1C[C@H]2NCc3ccccc3[C@@H]2C1. The molecule has 1 saturated heterocycles. The lowest BCUT2D eigenvalue weighted by Crippen LogP contribution is -2.39. The number of nitrogens with one attached hydrogen (secondary N) is 1. The molecule has 0 aromatic heterocycles. The second-order valence-corrected chi connectivity index (χ2v) is 7.27. The molecule has 5 heteroatoms. The average Bonchev–Trinajstić information content (AvgIpc) is 2.84. The summed E-state index contributed by atoms with van der Waals surface area (Å²) in [6.07, 6.45) is 0. The number of sulfonamides is 1. The van der Waals surface area contributed by atoms with Crippen molar-refractivity contribution in [3.63, 3.8) is 0 Å². The molecule has 0 aliphatic carbocycles. The summed E-state index contributed by atoms with van der Waals surface area (Å²) in [5.41, 5.74) is 2.62. The van der Waals surface area contributed by atoms with Gasteiger partial charge in [-0.1, -0.05) is 24.3 Å². The average molecular weight is 266 g/mol. The third-order valence-corrected chi connectivity index (χ3v) is 5.87. The lowest BCUT2D eigenvalue weighted by atomic mass is 9.87. The highest BCUT2D eigenvalue weighted by Gasteiger charge is 2.41. The van der Waals surface area contributed by atoms with Crippen LogP contribution >= 0.6 is 0 Å². The number of nitrogens with zero attached hydrogens (tertiary/aromatic N) is 1. The smallest absolute Gasteiger partial charge is 0.213 e. The first kappa shape index (κ1) is 12.1. The van der Waals surface area contributed by atoms with E-state index in [2.05, 4.69) is 17.4 Å². The van der Waals surface area contributed by atoms with Crippen LogP contribution in [0.25, 0.3) is 0 Å². The van der Waals surface area contributed by atoms with Gasteiger partial charge in [0.1, 0.15) is 0 Å². The van der Waals surface area contributed by atoms with Crippen molar-refractivity contribution in [1.29, 1.82) is 0 Å². The van der Waals surface area contributed by atoms with E-state index in [1.807, 2.05) is 12.1 Å². The van der Waals surface area contributed by atoms with E-state index in [9.17, 15) is 8.42 Å². The topological polar surface area (TPSA) is 49.4 Å². The van der Waals surface area contributed by atoms with Crippen LogP contribution in [0.5, 0.6) is 0 Å². The van der Waals surface area contributed by atoms with E-state index in [-0.39, 0.29) is 11.8 Å². The third-order valence-electron chi connectivity index (χ3n) is 4.05. The Morgan fingerprint density at radius 1 is 1.33 bits per heavy atom. The predicted molar refractivity (Wildman–Crippen MR) is 70.8 cm³/mol. The lowest BCUT2D eigenvalue weighted by Gasteiger charge is -2.28. The van der Waals surface area contributed by atoms with Crippen molar-refractivity contribution in [1.82, 2.24) is 9.62 Å². The molecule has 3 rings (SSSR count). The van der Waals surface area contributed by atoms with Crippen LogP contribution in [-0.4, -0.2) is 37.6 Å². The summed E-state index contributed by atoms with van der Waals surface area (Å²) in [5.74, 6) is 0.491. The second kappa shape index (κ2) is 4.33. The minimum Gasteiger partial charge on any atom is -0.308 e. The Morgan fingerprint density at radius 3 is 2.89 bits per heavy atom. The number of hydrogen-bond acceptors (Lipinski definition) is 3. The molecule has 0 radical (unpaired) electrons. The largest absolute Gasteiger partial charge is 0.308 e. The zero-order valence-electron chi connectivity index (χ0n) is 10.5. The molecule has 0 bridgehead atoms. The van der Waals surface area contributed by atoms with Gasteiger partial charge in [0.2, 0.25) is 10.0 Å². The van der Waals surface area contributed by atoms with Crippen LogP contribution in [0.1, 0.15) is 24.0 Å². The van der Waals surface area contributed by atoms with Crippen molar-refractivity contribution in [2.75, 3.05) is 18.8 Å². The zero-order chi connectivity index (χ0) is 12.8. The monoisotopic (exact) mass is 266 g/mol. The fourth-order valence-corrected chi connectivity index (χ4v) is 4.14. The van der Waals surface area contributed by atoms with Gasteiger partial charge in [0.05, 0.1) is 5.75 Å². The molecule has 0 saturated carbocycles. The molecule has 1 aromatic carbocycles. The van der Waals surface area contributed by atoms with Gasteiger partial charge in [0, 0.05) is 31.6 Å². The van der Waals surface area contributed by atoms with Crippen LogP contribution in [0.15, 0.2) is 24.3 Å². The molecule has 98 valence electrons. The molecule has 0 unspecified atom stereocenters. The maximum absolute atomic E-state index is 12.0. The first-order chi connectivity index (χ1) is 8.62. The summed E-state index contributed by atoms with van der Waals surface area (Å²) in [5, 5.41) is 3.46. The summed E-state index contributed by atoms with van der Waals surface area (Å²) in [6.45, 7) is 3.77. The number of benzene rings is 1. The minimum absolute atomic E-state index is 0.189. The maximum atomic E-state index is 12.0. The van der Waals surface area contributed by atoms with Gasteiger partial charge in [0.15, 0.2) is 0 Å². The summed E-state index contributed by atoms with van der Waals surface area (Å²) in [4.78, 5) is 0. The van der Waals surface area contributed by atoms with E-state index < -0.39 is 10.0 Å². The summed E-state index contributed by atoms with van der Waals surface area (Å²) < 4.78 is 25.5. The molecule has 2 atom stereocenters. The number of rotatable bonds is 2. The first-order valence-corrected chi connectivity index (χ1v) is 8.01. The molecule has 1 fully saturated rings. The van der Waals surface area contributed by atoms with Crippen molar-refractivity contribution in [2.24, 2.45) is 0 Å². The van der Waals surface area contributed by atoms with Crippen LogP contribution in [0.4, 0.5) is 0 Å². The summed E-state index contributed by atoms with van der Waals surface area (Å²) >= 11 is 0. The molecule has 2 aliphatic rings. The normalized spacial score (nSPS) is 27.8. The van der Waals surface area contributed by atoms with Crippen molar-refractivity contribution in [3.8, 4) is 0 Å². The van der Waals surface area contributed by atoms with Gasteiger partial charge in [-0.25, -0.2) is 8.42 Å². The third kappa shape index (κ3) is 1.86. The molecule has 2 aliphatic heterocycles. The van der Waals surface area contributed by atoms with E-state index in [4.69, 9.17) is 0 Å². The van der Waals surface area contributed by atoms with Crippen LogP contribution in [0.3, 0.4) is 0 Å². The standard InChI is InChI=1S/C13H18N2O2S/c1-2-18(16,17)15-8-12-11-6-4-3-5-10(11)7-14-13(12)9-15/h3-6,12-14H,2,7-9H2,1H3/t12-,13+/m0/s1. The van der Waals surface area contributed by atoms with Crippen LogP contribution in [-0.2, 0) is 16.6 Å². The first-order valence-electron chi connectivity index (χ1n) is 6.41. The van der Waals surface area contributed by atoms with Crippen LogP contribution in [0, 0.1) is 0 Å². The quantitative estimate of drug-likeness (QED) is 0.865. The molecule has 0 amide bonds. The lowest BCUT2D eigenvalue weighted by molar-refractivity contribution is 0.450. The van der Waals surface area contributed by atoms with Crippen molar-refractivity contribution in [3.05, 3.63) is 35.4 Å². The Labute approximate surface area is 108 Å². The second-order valence-electron chi connectivity index (χ2n) is 5.01. The highest BCUT2D eigenvalue weighted by atomic mass is 32.2. The van der Waals surface area contributed by atoms with Crippen LogP contribution < -0.4 is 5.32 Å². The van der Waals surface area contributed by atoms with E-state index in [0.29, 0.717) is 19.0 Å². The Hall–Kier alpha value is -0.910. The van der Waals surface area contributed by atoms with Gasteiger partial charge in [0.25, 0.3) is 0 Å². The van der Waals surface area contributed by atoms with E-state index in [1.54, 1.807) is 11.2 Å². The molecule has 1 aromatic rings. The van der Waals surface area contributed by atoms with E-state index >= 15 is 0 Å². The minimum atomic E-state index is -3.07. The Morgan fingerprint density at radius 2 is 2.11 bits per heavy atom. The molecule has 1 N–H and O–H groups in total. The van der Waals surface area contributed by atoms with Crippen molar-refractivity contribution >= 4 is 10.0 Å². The van der Waals surface area contributed by atoms with Gasteiger partial charge in [-0.2, -0.15) is 4.31 Å². The van der Waals surface area contributed by atoms with Gasteiger partial charge >= 0.3 is 0 Å². The van der Waals surface area contributed by atoms with Gasteiger partial charge in [-0.05, 0) is 18.1 Å². The van der Waals surface area contributed by atoms with Gasteiger partial charge in [-0.3, -0.25) is 0 Å². The van der Waals surface area contributed by atoms with Crippen molar-refractivity contribution in [2.45, 2.75) is 25.4 Å². The van der Waals surface area contributed by atoms with Gasteiger partial charge < -0.3 is 5.32 Å². The predicted octanol–water partition coefficient (Wildman–Crippen LogP) is 0.907. The Kier molecular flexibility index (Phi) is 2.92. The summed E-state index contributed by atoms with van der Waals surface area (Å²) in [6, 6.07) is 8.60. The molecule has 2 heterocycles. The number of hydrogen-bond donors (Lipinski definition) is 1. The Bertz CT molecular complexity index is 556. The summed E-state index contributed by atoms with van der Waals surface area (Å²) in [7, 11) is -3.07. The molecule has 0 spiro atoms. The van der Waals surface area contributed by atoms with Gasteiger partial charge in [-0.15, -0.1) is 0 Å². The maximum Gasteiger partial charge on any atom is 0.213 e. The molecular weight excluding hydrogens is 248 g/mol. The highest BCUT2D eigenvalue weighted by Crippen LogP contribution is 2.34. The molecular formula is C13H18N2O2S. The molecule has 4 nitrogen and oxygen atoms in total. The highest BCUT2D eigenvalue weighted by molar-refractivity contribution is 7.89. The van der Waals surface area contributed by atoms with Crippen molar-refractivity contribution < 1.29 is 8.42 Å². The Balaban J connectivity index is 1.91. The fraction of sp³-hybridized carbons (Fsp3) is 0.538. The zero-order valence-corrected chi connectivity index (χ0v) is 11.3. The van der Waals surface area contributed by atoms with E-state index in [1.165, 1.54) is 11.1 Å². The molecule has 18 heavy (non-hydrogen) atoms. The van der Waals surface area contributed by atoms with Crippen LogP contribution in [0.2, 0.25) is 0 Å². The number of fused-ring (bicyclic) bond motifs is 3. The fourth-order valence-electron chi connectivity index (χ4n) is 3.00.